The van der Waals surface area contributed by atoms with Gasteiger partial charge in [0.15, 0.2) is 5.66 Å². The van der Waals surface area contributed by atoms with E-state index in [0.29, 0.717) is 0 Å². The number of carboxylic acids is 1. The third kappa shape index (κ3) is 1.61. The lowest BCUT2D eigenvalue weighted by Gasteiger charge is -2.14. The van der Waals surface area contributed by atoms with Crippen LogP contribution in [0.3, 0.4) is 0 Å². The van der Waals surface area contributed by atoms with Crippen molar-refractivity contribution < 1.29 is 9.90 Å². The molecule has 0 fully saturated rings. The first-order chi connectivity index (χ1) is 4.56. The van der Waals surface area contributed by atoms with Crippen molar-refractivity contribution >= 4 is 5.97 Å². The molecule has 0 rings (SSSR count). The normalized spacial score (nSPS) is 15.0. The molecule has 1 unspecified atom stereocenters. The van der Waals surface area contributed by atoms with E-state index in [1.807, 2.05) is 0 Å². The zero-order chi connectivity index (χ0) is 8.20. The summed E-state index contributed by atoms with van der Waals surface area (Å²) in [7, 11) is 0. The highest BCUT2D eigenvalue weighted by atomic mass is 16.4. The van der Waals surface area contributed by atoms with Gasteiger partial charge in [0.1, 0.15) is 0 Å². The molecule has 0 amide bonds. The molecule has 0 aliphatic heterocycles. The Bertz CT molecular complexity index is 182. The average Bonchev–Trinajstić information content (AvgIpc) is 1.88. The van der Waals surface area contributed by atoms with Crippen molar-refractivity contribution in [2.24, 2.45) is 10.8 Å². The minimum Gasteiger partial charge on any atom is -0.480 e. The zero-order valence-electron chi connectivity index (χ0n) is 5.48. The summed E-state index contributed by atoms with van der Waals surface area (Å²) in [6.45, 7) is 1.53. The Morgan fingerprint density at radius 3 is 2.60 bits per heavy atom. The fourth-order valence-electron chi connectivity index (χ4n) is 0.345. The van der Waals surface area contributed by atoms with Crippen LogP contribution in [0.5, 0.6) is 0 Å². The third-order valence-electron chi connectivity index (χ3n) is 1.13. The lowest BCUT2D eigenvalue weighted by Crippen LogP contribution is -2.44. The number of azide groups is 1. The van der Waals surface area contributed by atoms with Gasteiger partial charge < -0.3 is 10.8 Å². The summed E-state index contributed by atoms with van der Waals surface area (Å²) >= 11 is 0. The van der Waals surface area contributed by atoms with Crippen molar-refractivity contribution in [1.82, 2.24) is 0 Å². The van der Waals surface area contributed by atoms with Gasteiger partial charge >= 0.3 is 5.97 Å². The number of carboxylic acid groups (broad SMARTS) is 1. The Kier molecular flexibility index (Phi) is 2.66. The van der Waals surface area contributed by atoms with Crippen LogP contribution >= 0.6 is 0 Å². The Morgan fingerprint density at radius 2 is 2.50 bits per heavy atom. The van der Waals surface area contributed by atoms with Gasteiger partial charge in [-0.25, -0.2) is 0 Å². The van der Waals surface area contributed by atoms with E-state index in [1.165, 1.54) is 6.92 Å². The SMILES string of the molecule is CCC(N)(N=[N+]=[N-])C(=O)O. The molecule has 0 spiro atoms. The quantitative estimate of drug-likeness (QED) is 0.340. The standard InChI is InChI=1S/C4H8N4O2/c1-2-4(5,3(9)10)7-8-6/h2,5H2,1H3,(H,9,10). The average molecular weight is 144 g/mol. The third-order valence-corrected chi connectivity index (χ3v) is 1.13. The second kappa shape index (κ2) is 3.05. The van der Waals surface area contributed by atoms with E-state index in [0.717, 1.165) is 0 Å². The molecule has 0 heterocycles. The van der Waals surface area contributed by atoms with Gasteiger partial charge in [0, 0.05) is 4.91 Å². The first-order valence-electron chi connectivity index (χ1n) is 2.65. The van der Waals surface area contributed by atoms with E-state index in [1.54, 1.807) is 0 Å². The maximum Gasteiger partial charge on any atom is 0.329 e. The summed E-state index contributed by atoms with van der Waals surface area (Å²) in [5.74, 6) is -1.31. The monoisotopic (exact) mass is 144 g/mol. The Balaban J connectivity index is 4.54. The van der Waals surface area contributed by atoms with Crippen molar-refractivity contribution in [2.75, 3.05) is 0 Å². The van der Waals surface area contributed by atoms with Gasteiger partial charge in [0.05, 0.1) is 0 Å². The molecule has 0 aliphatic rings. The highest BCUT2D eigenvalue weighted by Gasteiger charge is 2.30. The van der Waals surface area contributed by atoms with Gasteiger partial charge in [-0.05, 0) is 12.0 Å². The van der Waals surface area contributed by atoms with Crippen molar-refractivity contribution in [1.29, 1.82) is 0 Å². The summed E-state index contributed by atoms with van der Waals surface area (Å²) in [5.41, 5.74) is 11.2. The molecule has 10 heavy (non-hydrogen) atoms. The molecule has 0 bridgehead atoms. The molecule has 1 atom stereocenters. The molecule has 3 N–H and O–H groups in total. The van der Waals surface area contributed by atoms with Crippen LogP contribution in [0, 0.1) is 0 Å². The molecule has 0 saturated heterocycles. The van der Waals surface area contributed by atoms with Crippen molar-refractivity contribution in [3.8, 4) is 0 Å². The number of hydrogen-bond acceptors (Lipinski definition) is 3. The van der Waals surface area contributed by atoms with Crippen LogP contribution in [-0.4, -0.2) is 16.7 Å². The van der Waals surface area contributed by atoms with Gasteiger partial charge in [-0.2, -0.15) is 0 Å². The fraction of sp³-hybridized carbons (Fsp3) is 0.750. The number of aliphatic carboxylic acids is 1. The van der Waals surface area contributed by atoms with Crippen LogP contribution in [0.25, 0.3) is 10.4 Å². The Hall–Kier alpha value is -1.26. The van der Waals surface area contributed by atoms with E-state index >= 15 is 0 Å². The van der Waals surface area contributed by atoms with Crippen LogP contribution in [0.4, 0.5) is 0 Å². The molecule has 6 nitrogen and oxygen atoms in total. The Morgan fingerprint density at radius 1 is 2.00 bits per heavy atom. The highest BCUT2D eigenvalue weighted by Crippen LogP contribution is 2.07. The largest absolute Gasteiger partial charge is 0.480 e. The maximum absolute atomic E-state index is 10.3. The molecular formula is C4H8N4O2. The Labute approximate surface area is 57.3 Å². The highest BCUT2D eigenvalue weighted by molar-refractivity contribution is 5.77. The van der Waals surface area contributed by atoms with Crippen molar-refractivity contribution in [3.63, 3.8) is 0 Å². The van der Waals surface area contributed by atoms with Crippen LogP contribution in [0.2, 0.25) is 0 Å². The number of nitrogens with zero attached hydrogens (tertiary/aromatic N) is 3. The fourth-order valence-corrected chi connectivity index (χ4v) is 0.345. The van der Waals surface area contributed by atoms with E-state index in [4.69, 9.17) is 16.4 Å². The van der Waals surface area contributed by atoms with Gasteiger partial charge in [-0.15, -0.1) is 0 Å². The van der Waals surface area contributed by atoms with E-state index in [9.17, 15) is 4.79 Å². The summed E-state index contributed by atoms with van der Waals surface area (Å²) in [6, 6.07) is 0. The van der Waals surface area contributed by atoms with E-state index in [-0.39, 0.29) is 6.42 Å². The lowest BCUT2D eigenvalue weighted by molar-refractivity contribution is -0.143. The summed E-state index contributed by atoms with van der Waals surface area (Å²) in [5, 5.41) is 11.3. The first-order valence-corrected chi connectivity index (χ1v) is 2.65. The first kappa shape index (κ1) is 8.74. The second-order valence-corrected chi connectivity index (χ2v) is 1.77. The van der Waals surface area contributed by atoms with Gasteiger partial charge in [0.25, 0.3) is 0 Å². The molecule has 0 saturated carbocycles. The topological polar surface area (TPSA) is 112 Å². The molecule has 0 aliphatic carbocycles. The van der Waals surface area contributed by atoms with Crippen LogP contribution in [0.15, 0.2) is 5.11 Å². The smallest absolute Gasteiger partial charge is 0.329 e. The molecule has 0 aromatic carbocycles. The molecule has 0 aromatic rings. The minimum absolute atomic E-state index is 0.0758. The van der Waals surface area contributed by atoms with Crippen LogP contribution in [-0.2, 0) is 4.79 Å². The zero-order valence-corrected chi connectivity index (χ0v) is 5.48. The number of carbonyl (C=O) groups is 1. The number of rotatable bonds is 3. The second-order valence-electron chi connectivity index (χ2n) is 1.77. The van der Waals surface area contributed by atoms with Crippen molar-refractivity contribution in [3.05, 3.63) is 10.4 Å². The predicted octanol–water partition coefficient (Wildman–Crippen LogP) is 0.446. The number of nitrogens with two attached hydrogens (primary N) is 1. The summed E-state index contributed by atoms with van der Waals surface area (Å²) in [4.78, 5) is 12.6. The van der Waals surface area contributed by atoms with Gasteiger partial charge in [-0.1, -0.05) is 12.0 Å². The van der Waals surface area contributed by atoms with Gasteiger partial charge in [0.2, 0.25) is 0 Å². The van der Waals surface area contributed by atoms with Crippen LogP contribution in [0.1, 0.15) is 13.3 Å². The molecule has 0 radical (unpaired) electrons. The maximum atomic E-state index is 10.3. The van der Waals surface area contributed by atoms with Crippen LogP contribution < -0.4 is 5.73 Å². The predicted molar refractivity (Wildman–Crippen MR) is 34.0 cm³/mol. The van der Waals surface area contributed by atoms with E-state index in [2.05, 4.69) is 10.0 Å². The summed E-state index contributed by atoms with van der Waals surface area (Å²) in [6.07, 6.45) is 0.0758. The van der Waals surface area contributed by atoms with Crippen molar-refractivity contribution in [2.45, 2.75) is 19.0 Å². The lowest BCUT2D eigenvalue weighted by atomic mass is 10.1. The minimum atomic E-state index is -1.78. The van der Waals surface area contributed by atoms with E-state index < -0.39 is 11.6 Å². The molecular weight excluding hydrogens is 136 g/mol. The summed E-state index contributed by atoms with van der Waals surface area (Å²) < 4.78 is 0. The number of hydrogen-bond donors (Lipinski definition) is 2. The molecule has 56 valence electrons. The van der Waals surface area contributed by atoms with Gasteiger partial charge in [-0.3, -0.25) is 4.79 Å². The molecule has 6 heteroatoms. The molecule has 0 aromatic heterocycles.